The van der Waals surface area contributed by atoms with E-state index in [-0.39, 0.29) is 6.61 Å². The van der Waals surface area contributed by atoms with Crippen LogP contribution in [0.15, 0.2) is 24.3 Å². The molecule has 1 aromatic carbocycles. The minimum absolute atomic E-state index is 0.164. The first kappa shape index (κ1) is 20.9. The predicted molar refractivity (Wildman–Crippen MR) is 111 cm³/mol. The van der Waals surface area contributed by atoms with Crippen molar-refractivity contribution in [3.8, 4) is 17.0 Å². The molecule has 2 aromatic heterocycles. The molecule has 0 aliphatic heterocycles. The zero-order valence-electron chi connectivity index (χ0n) is 16.4. The minimum atomic E-state index is -0.164. The zero-order valence-corrected chi connectivity index (χ0v) is 16.4. The Balaban J connectivity index is 0.000000221. The number of hydrogen-bond donors (Lipinski definition) is 5. The van der Waals surface area contributed by atoms with Crippen LogP contribution in [0.2, 0.25) is 0 Å². The molecule has 0 fully saturated rings. The number of aromatic nitrogens is 4. The zero-order chi connectivity index (χ0) is 20.8. The molecule has 0 amide bonds. The summed E-state index contributed by atoms with van der Waals surface area (Å²) in [6.45, 7) is 5.08. The van der Waals surface area contributed by atoms with E-state index >= 15 is 0 Å². The fraction of sp³-hybridized carbons (Fsp3) is 0.333. The molecule has 10 heteroatoms. The lowest BCUT2D eigenvalue weighted by molar-refractivity contribution is 0.276. The largest absolute Gasteiger partial charge is 0.497 e. The van der Waals surface area contributed by atoms with Crippen LogP contribution in [0.4, 0.5) is 23.0 Å². The summed E-state index contributed by atoms with van der Waals surface area (Å²) in [6.07, 6.45) is 0. The van der Waals surface area contributed by atoms with E-state index in [0.717, 1.165) is 11.3 Å². The van der Waals surface area contributed by atoms with E-state index in [1.54, 1.807) is 16.5 Å². The van der Waals surface area contributed by atoms with Gasteiger partial charge in [-0.3, -0.25) is 0 Å². The SMILES string of the molecule is CCn1nc(-c2ccc(OC)cc2)c(N)c1N.CCn1nc(CO)c(N)c1N. The molecule has 28 heavy (non-hydrogen) atoms. The lowest BCUT2D eigenvalue weighted by Crippen LogP contribution is -2.02. The summed E-state index contributed by atoms with van der Waals surface area (Å²) in [4.78, 5) is 0. The van der Waals surface area contributed by atoms with Gasteiger partial charge in [-0.15, -0.1) is 0 Å². The van der Waals surface area contributed by atoms with Crippen LogP contribution in [0.5, 0.6) is 5.75 Å². The number of aliphatic hydroxyl groups is 1. The van der Waals surface area contributed by atoms with E-state index in [0.29, 0.717) is 47.5 Å². The van der Waals surface area contributed by atoms with Crippen molar-refractivity contribution < 1.29 is 9.84 Å². The smallest absolute Gasteiger partial charge is 0.145 e. The van der Waals surface area contributed by atoms with Crippen molar-refractivity contribution in [2.24, 2.45) is 0 Å². The highest BCUT2D eigenvalue weighted by Crippen LogP contribution is 2.30. The minimum Gasteiger partial charge on any atom is -0.497 e. The van der Waals surface area contributed by atoms with Crippen LogP contribution in [0.25, 0.3) is 11.3 Å². The topological polar surface area (TPSA) is 169 Å². The normalized spacial score (nSPS) is 10.4. The molecule has 2 heterocycles. The van der Waals surface area contributed by atoms with Crippen molar-refractivity contribution in [3.63, 3.8) is 0 Å². The maximum Gasteiger partial charge on any atom is 0.145 e. The summed E-state index contributed by atoms with van der Waals surface area (Å²) in [7, 11) is 1.63. The van der Waals surface area contributed by atoms with Gasteiger partial charge in [-0.25, -0.2) is 9.36 Å². The summed E-state index contributed by atoms with van der Waals surface area (Å²) < 4.78 is 8.35. The Morgan fingerprint density at radius 2 is 1.43 bits per heavy atom. The van der Waals surface area contributed by atoms with Crippen LogP contribution in [-0.2, 0) is 19.7 Å². The van der Waals surface area contributed by atoms with Gasteiger partial charge in [0.05, 0.1) is 13.7 Å². The third-order valence-corrected chi connectivity index (χ3v) is 4.25. The van der Waals surface area contributed by atoms with Gasteiger partial charge in [0.1, 0.15) is 40.1 Å². The summed E-state index contributed by atoms with van der Waals surface area (Å²) >= 11 is 0. The number of nitrogen functional groups attached to an aromatic ring is 4. The molecule has 0 bridgehead atoms. The molecule has 0 saturated carbocycles. The number of aliphatic hydroxyl groups excluding tert-OH is 1. The van der Waals surface area contributed by atoms with Crippen molar-refractivity contribution >= 4 is 23.0 Å². The fourth-order valence-corrected chi connectivity index (χ4v) is 2.59. The second kappa shape index (κ2) is 9.00. The van der Waals surface area contributed by atoms with Gasteiger partial charge in [0.2, 0.25) is 0 Å². The molecule has 10 nitrogen and oxygen atoms in total. The monoisotopic (exact) mass is 388 g/mol. The number of nitrogens with zero attached hydrogens (tertiary/aromatic N) is 4. The Morgan fingerprint density at radius 3 is 1.82 bits per heavy atom. The van der Waals surface area contributed by atoms with Crippen LogP contribution >= 0.6 is 0 Å². The molecule has 9 N–H and O–H groups in total. The first-order valence-corrected chi connectivity index (χ1v) is 8.85. The van der Waals surface area contributed by atoms with Crippen LogP contribution in [-0.4, -0.2) is 31.8 Å². The number of benzene rings is 1. The number of methoxy groups -OCH3 is 1. The molecule has 3 rings (SSSR count). The summed E-state index contributed by atoms with van der Waals surface area (Å²) in [5.41, 5.74) is 25.9. The lowest BCUT2D eigenvalue weighted by Gasteiger charge is -2.01. The Kier molecular flexibility index (Phi) is 6.72. The molecule has 0 aliphatic carbocycles. The number of anilines is 4. The van der Waals surface area contributed by atoms with Crippen LogP contribution in [0.3, 0.4) is 0 Å². The van der Waals surface area contributed by atoms with E-state index in [9.17, 15) is 0 Å². The first-order chi connectivity index (χ1) is 13.4. The van der Waals surface area contributed by atoms with E-state index in [1.165, 1.54) is 0 Å². The van der Waals surface area contributed by atoms with Gasteiger partial charge >= 0.3 is 0 Å². The molecular weight excluding hydrogens is 360 g/mol. The van der Waals surface area contributed by atoms with Gasteiger partial charge in [-0.2, -0.15) is 10.2 Å². The summed E-state index contributed by atoms with van der Waals surface area (Å²) in [5, 5.41) is 17.1. The average molecular weight is 388 g/mol. The van der Waals surface area contributed by atoms with Gasteiger partial charge in [-0.05, 0) is 38.1 Å². The third-order valence-electron chi connectivity index (χ3n) is 4.25. The third kappa shape index (κ3) is 4.12. The van der Waals surface area contributed by atoms with Crippen LogP contribution < -0.4 is 27.7 Å². The Labute approximate surface area is 163 Å². The highest BCUT2D eigenvalue weighted by atomic mass is 16.5. The van der Waals surface area contributed by atoms with E-state index < -0.39 is 0 Å². The van der Waals surface area contributed by atoms with Crippen molar-refractivity contribution in [1.29, 1.82) is 0 Å². The number of rotatable bonds is 5. The molecule has 0 atom stereocenters. The van der Waals surface area contributed by atoms with Crippen LogP contribution in [0.1, 0.15) is 19.5 Å². The lowest BCUT2D eigenvalue weighted by atomic mass is 10.1. The highest BCUT2D eigenvalue weighted by Gasteiger charge is 2.13. The number of nitrogens with two attached hydrogens (primary N) is 4. The maximum absolute atomic E-state index is 8.74. The molecule has 0 saturated heterocycles. The van der Waals surface area contributed by atoms with E-state index in [4.69, 9.17) is 32.8 Å². The molecule has 0 radical (unpaired) electrons. The second-order valence-electron chi connectivity index (χ2n) is 5.91. The summed E-state index contributed by atoms with van der Waals surface area (Å²) in [6, 6.07) is 7.57. The van der Waals surface area contributed by atoms with Gasteiger partial charge < -0.3 is 32.8 Å². The van der Waals surface area contributed by atoms with Gasteiger partial charge in [0, 0.05) is 18.7 Å². The summed E-state index contributed by atoms with van der Waals surface area (Å²) in [5.74, 6) is 1.74. The van der Waals surface area contributed by atoms with Crippen molar-refractivity contribution in [1.82, 2.24) is 19.6 Å². The van der Waals surface area contributed by atoms with E-state index in [1.807, 2.05) is 38.1 Å². The van der Waals surface area contributed by atoms with Crippen molar-refractivity contribution in [2.45, 2.75) is 33.5 Å². The van der Waals surface area contributed by atoms with Gasteiger partial charge in [0.25, 0.3) is 0 Å². The Morgan fingerprint density at radius 1 is 0.893 bits per heavy atom. The molecule has 0 spiro atoms. The van der Waals surface area contributed by atoms with Crippen molar-refractivity contribution in [3.05, 3.63) is 30.0 Å². The number of aryl methyl sites for hydroxylation is 2. The maximum atomic E-state index is 8.74. The highest BCUT2D eigenvalue weighted by molar-refractivity contribution is 5.80. The predicted octanol–water partition coefficient (Wildman–Crippen LogP) is 1.30. The molecule has 0 aliphatic rings. The molecule has 0 unspecified atom stereocenters. The average Bonchev–Trinajstić information content (AvgIpc) is 3.18. The number of ether oxygens (including phenoxy) is 1. The molecule has 152 valence electrons. The van der Waals surface area contributed by atoms with Gasteiger partial charge in [-0.1, -0.05) is 0 Å². The standard InChI is InChI=1S/C12H16N4O.C6H12N4O/c1-3-16-12(14)10(13)11(15-16)8-4-6-9(17-2)7-5-8;1-2-10-6(8)5(7)4(3-11)9-10/h4-7H,3,13-14H2,1-2H3;11H,2-3,7-8H2,1H3. The quantitative estimate of drug-likeness (QED) is 0.435. The van der Waals surface area contributed by atoms with Gasteiger partial charge in [0.15, 0.2) is 0 Å². The second-order valence-corrected chi connectivity index (χ2v) is 5.91. The molecule has 3 aromatic rings. The molecular formula is C18H28N8O2. The first-order valence-electron chi connectivity index (χ1n) is 8.85. The van der Waals surface area contributed by atoms with Crippen molar-refractivity contribution in [2.75, 3.05) is 30.0 Å². The Bertz CT molecular complexity index is 890. The van der Waals surface area contributed by atoms with Crippen LogP contribution in [0, 0.1) is 0 Å². The van der Waals surface area contributed by atoms with E-state index in [2.05, 4.69) is 10.2 Å². The Hall–Kier alpha value is -3.40. The number of hydrogen-bond acceptors (Lipinski definition) is 8. The fourth-order valence-electron chi connectivity index (χ4n) is 2.59.